The molecule has 0 spiro atoms. The number of rotatable bonds is 2. The van der Waals surface area contributed by atoms with Gasteiger partial charge in [-0.15, -0.1) is 0 Å². The number of ether oxygens (including phenoxy) is 1. The summed E-state index contributed by atoms with van der Waals surface area (Å²) in [5.74, 6) is -0.174. The SMILES string of the molecule is CCOC(=O)/C=C1/CCCC(C)(C)CC1. The Kier molecular flexibility index (Phi) is 4.37. The van der Waals surface area contributed by atoms with Crippen LogP contribution in [0.1, 0.15) is 52.9 Å². The van der Waals surface area contributed by atoms with Gasteiger partial charge in [0.15, 0.2) is 0 Å². The number of hydrogen-bond acceptors (Lipinski definition) is 2. The van der Waals surface area contributed by atoms with Gasteiger partial charge >= 0.3 is 5.97 Å². The minimum Gasteiger partial charge on any atom is -0.463 e. The molecule has 1 fully saturated rings. The molecular weight excluding hydrogens is 188 g/mol. The summed E-state index contributed by atoms with van der Waals surface area (Å²) < 4.78 is 4.92. The molecular formula is C13H22O2. The van der Waals surface area contributed by atoms with Crippen LogP contribution in [0.25, 0.3) is 0 Å². The third-order valence-corrected chi connectivity index (χ3v) is 3.08. The second-order valence-electron chi connectivity index (χ2n) is 5.07. The van der Waals surface area contributed by atoms with Crippen molar-refractivity contribution in [3.63, 3.8) is 0 Å². The van der Waals surface area contributed by atoms with Gasteiger partial charge in [-0.2, -0.15) is 0 Å². The number of carbonyl (C=O) groups excluding carboxylic acids is 1. The average molecular weight is 210 g/mol. The van der Waals surface area contributed by atoms with Crippen LogP contribution < -0.4 is 0 Å². The lowest BCUT2D eigenvalue weighted by atomic mass is 9.85. The summed E-state index contributed by atoms with van der Waals surface area (Å²) in [6.45, 7) is 6.92. The number of esters is 1. The van der Waals surface area contributed by atoms with E-state index in [9.17, 15) is 4.79 Å². The molecule has 0 heterocycles. The molecule has 0 aromatic carbocycles. The fourth-order valence-electron chi connectivity index (χ4n) is 2.04. The molecule has 0 bridgehead atoms. The van der Waals surface area contributed by atoms with Crippen LogP contribution in [0.2, 0.25) is 0 Å². The highest BCUT2D eigenvalue weighted by Gasteiger charge is 2.21. The molecule has 0 aromatic heterocycles. The maximum atomic E-state index is 11.3. The van der Waals surface area contributed by atoms with Crippen molar-refractivity contribution < 1.29 is 9.53 Å². The maximum absolute atomic E-state index is 11.3. The zero-order valence-electron chi connectivity index (χ0n) is 10.1. The first-order valence-electron chi connectivity index (χ1n) is 5.90. The highest BCUT2D eigenvalue weighted by atomic mass is 16.5. The lowest BCUT2D eigenvalue weighted by Gasteiger charge is -2.21. The summed E-state index contributed by atoms with van der Waals surface area (Å²) in [5, 5.41) is 0. The van der Waals surface area contributed by atoms with E-state index in [1.165, 1.54) is 24.8 Å². The molecule has 15 heavy (non-hydrogen) atoms. The molecule has 0 amide bonds. The molecule has 0 aromatic rings. The van der Waals surface area contributed by atoms with Crippen LogP contribution in [0.4, 0.5) is 0 Å². The van der Waals surface area contributed by atoms with E-state index in [2.05, 4.69) is 13.8 Å². The second kappa shape index (κ2) is 5.34. The Bertz CT molecular complexity index is 251. The van der Waals surface area contributed by atoms with Gasteiger partial charge in [0.25, 0.3) is 0 Å². The Morgan fingerprint density at radius 1 is 1.40 bits per heavy atom. The van der Waals surface area contributed by atoms with Crippen molar-refractivity contribution in [2.75, 3.05) is 6.61 Å². The topological polar surface area (TPSA) is 26.3 Å². The van der Waals surface area contributed by atoms with E-state index in [1.807, 2.05) is 6.92 Å². The first-order chi connectivity index (χ1) is 7.03. The van der Waals surface area contributed by atoms with E-state index in [-0.39, 0.29) is 5.97 Å². The Hall–Kier alpha value is -0.790. The summed E-state index contributed by atoms with van der Waals surface area (Å²) in [6.07, 6.45) is 7.43. The van der Waals surface area contributed by atoms with Crippen molar-refractivity contribution in [2.45, 2.75) is 52.9 Å². The van der Waals surface area contributed by atoms with Gasteiger partial charge in [0.1, 0.15) is 0 Å². The summed E-state index contributed by atoms with van der Waals surface area (Å²) in [6, 6.07) is 0. The van der Waals surface area contributed by atoms with Crippen LogP contribution in [-0.4, -0.2) is 12.6 Å². The third-order valence-electron chi connectivity index (χ3n) is 3.08. The monoisotopic (exact) mass is 210 g/mol. The Morgan fingerprint density at radius 3 is 2.80 bits per heavy atom. The molecule has 2 heteroatoms. The Morgan fingerprint density at radius 2 is 2.13 bits per heavy atom. The van der Waals surface area contributed by atoms with Crippen LogP contribution in [0.3, 0.4) is 0 Å². The van der Waals surface area contributed by atoms with Crippen molar-refractivity contribution >= 4 is 5.97 Å². The number of carbonyl (C=O) groups is 1. The van der Waals surface area contributed by atoms with Crippen LogP contribution in [0, 0.1) is 5.41 Å². The van der Waals surface area contributed by atoms with Crippen LogP contribution in [0.5, 0.6) is 0 Å². The smallest absolute Gasteiger partial charge is 0.330 e. The van der Waals surface area contributed by atoms with Crippen molar-refractivity contribution in [1.82, 2.24) is 0 Å². The van der Waals surface area contributed by atoms with Gasteiger partial charge < -0.3 is 4.74 Å². The van der Waals surface area contributed by atoms with Crippen molar-refractivity contribution in [1.29, 1.82) is 0 Å². The largest absolute Gasteiger partial charge is 0.463 e. The molecule has 0 unspecified atom stereocenters. The minimum absolute atomic E-state index is 0.174. The molecule has 1 aliphatic carbocycles. The molecule has 0 radical (unpaired) electrons. The third kappa shape index (κ3) is 4.50. The summed E-state index contributed by atoms with van der Waals surface area (Å²) in [5.41, 5.74) is 1.70. The molecule has 0 saturated heterocycles. The molecule has 1 aliphatic rings. The fourth-order valence-corrected chi connectivity index (χ4v) is 2.04. The predicted octanol–water partition coefficient (Wildman–Crippen LogP) is 3.47. The molecule has 1 rings (SSSR count). The first-order valence-corrected chi connectivity index (χ1v) is 5.90. The van der Waals surface area contributed by atoms with Gasteiger partial charge in [0.2, 0.25) is 0 Å². The zero-order valence-corrected chi connectivity index (χ0v) is 10.1. The van der Waals surface area contributed by atoms with Crippen LogP contribution >= 0.6 is 0 Å². The van der Waals surface area contributed by atoms with Crippen LogP contribution in [-0.2, 0) is 9.53 Å². The number of allylic oxidation sites excluding steroid dienone is 1. The highest BCUT2D eigenvalue weighted by Crippen LogP contribution is 2.35. The van der Waals surface area contributed by atoms with E-state index in [4.69, 9.17) is 4.74 Å². The first kappa shape index (κ1) is 12.3. The highest BCUT2D eigenvalue weighted by molar-refractivity contribution is 5.82. The normalized spacial score (nSPS) is 23.5. The molecule has 0 N–H and O–H groups in total. The van der Waals surface area contributed by atoms with Crippen molar-refractivity contribution in [3.8, 4) is 0 Å². The summed E-state index contributed by atoms with van der Waals surface area (Å²) in [7, 11) is 0. The van der Waals surface area contributed by atoms with E-state index in [0.717, 1.165) is 12.8 Å². The lowest BCUT2D eigenvalue weighted by molar-refractivity contribution is -0.137. The van der Waals surface area contributed by atoms with Crippen molar-refractivity contribution in [2.24, 2.45) is 5.41 Å². The molecule has 86 valence electrons. The zero-order chi connectivity index (χ0) is 11.3. The Balaban J connectivity index is 2.53. The quantitative estimate of drug-likeness (QED) is 0.396. The average Bonchev–Trinajstić information content (AvgIpc) is 2.28. The van der Waals surface area contributed by atoms with E-state index >= 15 is 0 Å². The van der Waals surface area contributed by atoms with E-state index in [0.29, 0.717) is 12.0 Å². The second-order valence-corrected chi connectivity index (χ2v) is 5.07. The lowest BCUT2D eigenvalue weighted by Crippen LogP contribution is -2.08. The van der Waals surface area contributed by atoms with E-state index < -0.39 is 0 Å². The van der Waals surface area contributed by atoms with E-state index in [1.54, 1.807) is 6.08 Å². The fraction of sp³-hybridized carbons (Fsp3) is 0.769. The summed E-state index contributed by atoms with van der Waals surface area (Å²) in [4.78, 5) is 11.3. The maximum Gasteiger partial charge on any atom is 0.330 e. The van der Waals surface area contributed by atoms with Gasteiger partial charge in [0, 0.05) is 6.08 Å². The molecule has 1 saturated carbocycles. The summed E-state index contributed by atoms with van der Waals surface area (Å²) >= 11 is 0. The minimum atomic E-state index is -0.174. The van der Waals surface area contributed by atoms with Gasteiger partial charge in [0.05, 0.1) is 6.61 Å². The standard InChI is InChI=1S/C13H22O2/c1-4-15-12(14)10-11-6-5-8-13(2,3)9-7-11/h10H,4-9H2,1-3H3/b11-10-. The molecule has 2 nitrogen and oxygen atoms in total. The van der Waals surface area contributed by atoms with Gasteiger partial charge in [-0.05, 0) is 44.4 Å². The van der Waals surface area contributed by atoms with Gasteiger partial charge in [-0.1, -0.05) is 19.4 Å². The Labute approximate surface area is 92.7 Å². The van der Waals surface area contributed by atoms with Crippen molar-refractivity contribution in [3.05, 3.63) is 11.6 Å². The molecule has 0 atom stereocenters. The molecule has 0 aliphatic heterocycles. The van der Waals surface area contributed by atoms with Gasteiger partial charge in [-0.25, -0.2) is 4.79 Å². The van der Waals surface area contributed by atoms with Crippen LogP contribution in [0.15, 0.2) is 11.6 Å². The van der Waals surface area contributed by atoms with Gasteiger partial charge in [-0.3, -0.25) is 0 Å². The number of hydrogen-bond donors (Lipinski definition) is 0. The predicted molar refractivity (Wildman–Crippen MR) is 61.6 cm³/mol.